The lowest BCUT2D eigenvalue weighted by atomic mass is 9.96. The second-order valence-electron chi connectivity index (χ2n) is 5.27. The monoisotopic (exact) mass is 284 g/mol. The Morgan fingerprint density at radius 1 is 1.40 bits per heavy atom. The smallest absolute Gasteiger partial charge is 0.416 e. The van der Waals surface area contributed by atoms with Gasteiger partial charge in [-0.25, -0.2) is 4.79 Å². The predicted molar refractivity (Wildman–Crippen MR) is 68.0 cm³/mol. The highest BCUT2D eigenvalue weighted by molar-refractivity contribution is 5.87. The number of rotatable bonds is 2. The molecule has 2 nitrogen and oxygen atoms in total. The Balaban J connectivity index is 2.34. The molecule has 0 N–H and O–H groups in total. The van der Waals surface area contributed by atoms with Crippen molar-refractivity contribution >= 4 is 5.97 Å². The van der Waals surface area contributed by atoms with Gasteiger partial charge in [0.1, 0.15) is 5.60 Å². The molecule has 0 heterocycles. The fourth-order valence-corrected chi connectivity index (χ4v) is 2.40. The molecule has 0 saturated carbocycles. The van der Waals surface area contributed by atoms with Crippen LogP contribution >= 0.6 is 0 Å². The van der Waals surface area contributed by atoms with E-state index in [9.17, 15) is 18.0 Å². The maximum absolute atomic E-state index is 12.7. The van der Waals surface area contributed by atoms with E-state index >= 15 is 0 Å². The first kappa shape index (κ1) is 14.6. The average Bonchev–Trinajstić information content (AvgIpc) is 2.65. The molecule has 1 atom stereocenters. The largest absolute Gasteiger partial charge is 0.451 e. The Labute approximate surface area is 115 Å². The van der Waals surface area contributed by atoms with E-state index in [2.05, 4.69) is 6.58 Å². The molecular weight excluding hydrogens is 269 g/mol. The summed E-state index contributed by atoms with van der Waals surface area (Å²) in [7, 11) is 0. The maximum Gasteiger partial charge on any atom is 0.416 e. The quantitative estimate of drug-likeness (QED) is 0.606. The lowest BCUT2D eigenvalue weighted by Crippen LogP contribution is -2.26. The minimum Gasteiger partial charge on any atom is -0.451 e. The highest BCUT2D eigenvalue weighted by atomic mass is 19.4. The summed E-state index contributed by atoms with van der Waals surface area (Å²) in [6, 6.07) is 3.56. The number of fused-ring (bicyclic) bond motifs is 1. The lowest BCUT2D eigenvalue weighted by Gasteiger charge is -2.26. The first-order valence-corrected chi connectivity index (χ1v) is 6.23. The number of hydrogen-bond donors (Lipinski definition) is 0. The van der Waals surface area contributed by atoms with E-state index in [1.54, 1.807) is 6.92 Å². The third-order valence-electron chi connectivity index (χ3n) is 3.54. The molecule has 0 fully saturated rings. The normalized spacial score (nSPS) is 21.4. The Hall–Kier alpha value is -1.78. The number of benzene rings is 1. The molecule has 108 valence electrons. The first-order valence-electron chi connectivity index (χ1n) is 6.23. The van der Waals surface area contributed by atoms with E-state index in [4.69, 9.17) is 4.74 Å². The lowest BCUT2D eigenvalue weighted by molar-refractivity contribution is -0.154. The van der Waals surface area contributed by atoms with Crippen molar-refractivity contribution in [2.45, 2.75) is 38.5 Å². The zero-order valence-electron chi connectivity index (χ0n) is 11.3. The van der Waals surface area contributed by atoms with Crippen molar-refractivity contribution in [1.82, 2.24) is 0 Å². The summed E-state index contributed by atoms with van der Waals surface area (Å²) < 4.78 is 43.4. The molecule has 0 amide bonds. The molecule has 1 aliphatic rings. The number of hydrogen-bond acceptors (Lipinski definition) is 2. The summed E-state index contributed by atoms with van der Waals surface area (Å²) in [5.74, 6) is -0.528. The van der Waals surface area contributed by atoms with Gasteiger partial charge in [-0.1, -0.05) is 12.6 Å². The molecule has 0 spiro atoms. The van der Waals surface area contributed by atoms with Crippen molar-refractivity contribution in [3.8, 4) is 0 Å². The highest BCUT2D eigenvalue weighted by Gasteiger charge is 2.40. The molecule has 1 aromatic carbocycles. The van der Waals surface area contributed by atoms with Crippen LogP contribution in [0.15, 0.2) is 30.4 Å². The Morgan fingerprint density at radius 3 is 2.60 bits per heavy atom. The molecule has 0 bridgehead atoms. The summed E-state index contributed by atoms with van der Waals surface area (Å²) in [5.41, 5.74) is -0.0644. The van der Waals surface area contributed by atoms with E-state index in [1.807, 2.05) is 0 Å². The van der Waals surface area contributed by atoms with Crippen molar-refractivity contribution in [3.63, 3.8) is 0 Å². The van der Waals surface area contributed by atoms with Gasteiger partial charge in [-0.15, -0.1) is 0 Å². The van der Waals surface area contributed by atoms with Crippen molar-refractivity contribution < 1.29 is 22.7 Å². The van der Waals surface area contributed by atoms with Crippen LogP contribution < -0.4 is 0 Å². The van der Waals surface area contributed by atoms with Crippen LogP contribution in [0.25, 0.3) is 0 Å². The standard InChI is InChI=1S/C15H15F3O2/c1-9(2)13(19)20-14(3)7-6-10-8-11(15(16,17)18)4-5-12(10)14/h4-5,8H,1,6-7H2,2-3H3. The van der Waals surface area contributed by atoms with E-state index in [-0.39, 0.29) is 5.57 Å². The molecule has 0 saturated heterocycles. The molecule has 0 aliphatic heterocycles. The zero-order valence-corrected chi connectivity index (χ0v) is 11.3. The van der Waals surface area contributed by atoms with E-state index in [0.29, 0.717) is 24.0 Å². The third-order valence-corrected chi connectivity index (χ3v) is 3.54. The topological polar surface area (TPSA) is 26.3 Å². The van der Waals surface area contributed by atoms with Gasteiger partial charge in [-0.05, 0) is 49.9 Å². The molecule has 20 heavy (non-hydrogen) atoms. The molecular formula is C15H15F3O2. The van der Waals surface area contributed by atoms with Gasteiger partial charge >= 0.3 is 12.1 Å². The van der Waals surface area contributed by atoms with Crippen LogP contribution in [0.5, 0.6) is 0 Å². The van der Waals surface area contributed by atoms with Crippen molar-refractivity contribution in [3.05, 3.63) is 47.0 Å². The summed E-state index contributed by atoms with van der Waals surface area (Å²) in [6.07, 6.45) is -3.43. The average molecular weight is 284 g/mol. The van der Waals surface area contributed by atoms with Gasteiger partial charge in [-0.3, -0.25) is 0 Å². The van der Waals surface area contributed by atoms with Gasteiger partial charge in [0, 0.05) is 5.57 Å². The summed E-state index contributed by atoms with van der Waals surface area (Å²) >= 11 is 0. The van der Waals surface area contributed by atoms with E-state index in [1.165, 1.54) is 13.0 Å². The number of esters is 1. The number of carbonyl (C=O) groups excluding carboxylic acids is 1. The van der Waals surface area contributed by atoms with Gasteiger partial charge in [0.15, 0.2) is 0 Å². The minimum absolute atomic E-state index is 0.270. The van der Waals surface area contributed by atoms with Crippen LogP contribution in [0.2, 0.25) is 0 Å². The van der Waals surface area contributed by atoms with E-state index in [0.717, 1.165) is 12.1 Å². The zero-order chi connectivity index (χ0) is 15.1. The maximum atomic E-state index is 12.7. The Morgan fingerprint density at radius 2 is 2.05 bits per heavy atom. The molecule has 1 aromatic rings. The number of alkyl halides is 3. The first-order chi connectivity index (χ1) is 9.13. The molecule has 0 radical (unpaired) electrons. The SMILES string of the molecule is C=C(C)C(=O)OC1(C)CCc2cc(C(F)(F)F)ccc21. The van der Waals surface area contributed by atoms with Gasteiger partial charge < -0.3 is 4.74 Å². The van der Waals surface area contributed by atoms with Crippen molar-refractivity contribution in [2.24, 2.45) is 0 Å². The van der Waals surface area contributed by atoms with Crippen LogP contribution in [0, 0.1) is 0 Å². The Bertz CT molecular complexity index is 575. The van der Waals surface area contributed by atoms with Crippen LogP contribution in [0.3, 0.4) is 0 Å². The number of carbonyl (C=O) groups is 1. The fourth-order valence-electron chi connectivity index (χ4n) is 2.40. The summed E-state index contributed by atoms with van der Waals surface area (Å²) in [5, 5.41) is 0. The van der Waals surface area contributed by atoms with E-state index < -0.39 is 23.3 Å². The minimum atomic E-state index is -4.36. The summed E-state index contributed by atoms with van der Waals surface area (Å²) in [4.78, 5) is 11.6. The second-order valence-corrected chi connectivity index (χ2v) is 5.27. The Kier molecular flexibility index (Phi) is 3.40. The van der Waals surface area contributed by atoms with Crippen molar-refractivity contribution in [1.29, 1.82) is 0 Å². The molecule has 5 heteroatoms. The number of ether oxygens (including phenoxy) is 1. The van der Waals surface area contributed by atoms with Crippen LogP contribution in [-0.2, 0) is 27.7 Å². The van der Waals surface area contributed by atoms with Crippen LogP contribution in [0.1, 0.15) is 37.0 Å². The number of aryl methyl sites for hydroxylation is 1. The fraction of sp³-hybridized carbons (Fsp3) is 0.400. The highest BCUT2D eigenvalue weighted by Crippen LogP contribution is 2.42. The molecule has 1 unspecified atom stereocenters. The number of halogens is 3. The van der Waals surface area contributed by atoms with Crippen molar-refractivity contribution in [2.75, 3.05) is 0 Å². The van der Waals surface area contributed by atoms with Gasteiger partial charge in [0.2, 0.25) is 0 Å². The van der Waals surface area contributed by atoms with Gasteiger partial charge in [0.25, 0.3) is 0 Å². The molecule has 2 rings (SSSR count). The van der Waals surface area contributed by atoms with Crippen LogP contribution in [0.4, 0.5) is 13.2 Å². The van der Waals surface area contributed by atoms with Crippen LogP contribution in [-0.4, -0.2) is 5.97 Å². The molecule has 1 aliphatic carbocycles. The molecule has 0 aromatic heterocycles. The second kappa shape index (κ2) is 4.65. The van der Waals surface area contributed by atoms with Gasteiger partial charge in [-0.2, -0.15) is 13.2 Å². The summed E-state index contributed by atoms with van der Waals surface area (Å²) in [6.45, 7) is 6.76. The predicted octanol–water partition coefficient (Wildman–Crippen LogP) is 3.99. The third kappa shape index (κ3) is 2.57. The van der Waals surface area contributed by atoms with Gasteiger partial charge in [0.05, 0.1) is 5.56 Å².